The van der Waals surface area contributed by atoms with E-state index in [-0.39, 0.29) is 12.3 Å². The highest BCUT2D eigenvalue weighted by molar-refractivity contribution is 5.94. The molecule has 0 unspecified atom stereocenters. The summed E-state index contributed by atoms with van der Waals surface area (Å²) in [7, 11) is 0. The number of hydrogen-bond acceptors (Lipinski definition) is 5. The first-order valence-corrected chi connectivity index (χ1v) is 10.0. The number of nitrogens with zero attached hydrogens (tertiary/aromatic N) is 2. The van der Waals surface area contributed by atoms with Crippen molar-refractivity contribution in [2.45, 2.75) is 13.5 Å². The van der Waals surface area contributed by atoms with Crippen LogP contribution in [0.1, 0.15) is 21.6 Å². The van der Waals surface area contributed by atoms with E-state index in [2.05, 4.69) is 15.8 Å². The van der Waals surface area contributed by atoms with Crippen molar-refractivity contribution in [3.63, 3.8) is 0 Å². The van der Waals surface area contributed by atoms with E-state index in [1.54, 1.807) is 34.9 Å². The van der Waals surface area contributed by atoms with E-state index in [1.165, 1.54) is 0 Å². The van der Waals surface area contributed by atoms with Crippen LogP contribution in [0.15, 0.2) is 79.1 Å². The monoisotopic (exact) mass is 430 g/mol. The van der Waals surface area contributed by atoms with E-state index in [4.69, 9.17) is 9.47 Å². The number of benzene rings is 2. The predicted octanol–water partition coefficient (Wildman–Crippen LogP) is 3.06. The number of imidazole rings is 1. The van der Waals surface area contributed by atoms with Gasteiger partial charge in [-0.25, -0.2) is 4.98 Å². The van der Waals surface area contributed by atoms with Crippen molar-refractivity contribution < 1.29 is 19.1 Å². The largest absolute Gasteiger partial charge is 0.489 e. The van der Waals surface area contributed by atoms with Gasteiger partial charge in [0, 0.05) is 12.4 Å². The first kappa shape index (κ1) is 20.9. The predicted molar refractivity (Wildman–Crippen MR) is 118 cm³/mol. The highest BCUT2D eigenvalue weighted by Gasteiger charge is 2.12. The van der Waals surface area contributed by atoms with Gasteiger partial charge in [0.1, 0.15) is 29.4 Å². The maximum absolute atomic E-state index is 12.2. The molecule has 0 aliphatic carbocycles. The highest BCUT2D eigenvalue weighted by atomic mass is 16.5. The Morgan fingerprint density at radius 2 is 1.66 bits per heavy atom. The first-order valence-electron chi connectivity index (χ1n) is 10.0. The van der Waals surface area contributed by atoms with Crippen LogP contribution >= 0.6 is 0 Å². The maximum Gasteiger partial charge on any atom is 0.289 e. The standard InChI is InChI=1S/C24H22N4O4/c1-17-11-12-28-14-21(25-22(28)13-17)24(30)27-26-23(29)16-32-20-9-7-19(8-10-20)31-15-18-5-3-2-4-6-18/h2-14H,15-16H2,1H3,(H,26,29)(H,27,30). The molecular weight excluding hydrogens is 408 g/mol. The number of fused-ring (bicyclic) bond motifs is 1. The van der Waals surface area contributed by atoms with Crippen LogP contribution in [-0.4, -0.2) is 27.8 Å². The van der Waals surface area contributed by atoms with Crippen molar-refractivity contribution >= 4 is 17.5 Å². The number of carbonyl (C=O) groups excluding carboxylic acids is 2. The lowest BCUT2D eigenvalue weighted by Gasteiger charge is -2.09. The summed E-state index contributed by atoms with van der Waals surface area (Å²) in [4.78, 5) is 28.5. The second kappa shape index (κ2) is 9.65. The van der Waals surface area contributed by atoms with Gasteiger partial charge in [0.05, 0.1) is 0 Å². The quantitative estimate of drug-likeness (QED) is 0.440. The number of pyridine rings is 1. The minimum atomic E-state index is -0.514. The summed E-state index contributed by atoms with van der Waals surface area (Å²) in [6, 6.07) is 20.6. The second-order valence-electron chi connectivity index (χ2n) is 7.13. The molecule has 0 radical (unpaired) electrons. The Morgan fingerprint density at radius 3 is 2.41 bits per heavy atom. The molecule has 0 atom stereocenters. The van der Waals surface area contributed by atoms with Crippen molar-refractivity contribution in [1.82, 2.24) is 20.2 Å². The van der Waals surface area contributed by atoms with Crippen LogP contribution in [0.25, 0.3) is 5.65 Å². The van der Waals surface area contributed by atoms with Gasteiger partial charge in [-0.3, -0.25) is 20.4 Å². The lowest BCUT2D eigenvalue weighted by Crippen LogP contribution is -2.43. The molecule has 2 amide bonds. The molecule has 2 heterocycles. The molecule has 8 heteroatoms. The van der Waals surface area contributed by atoms with Crippen LogP contribution in [-0.2, 0) is 11.4 Å². The van der Waals surface area contributed by atoms with Crippen LogP contribution in [0, 0.1) is 6.92 Å². The van der Waals surface area contributed by atoms with E-state index >= 15 is 0 Å². The van der Waals surface area contributed by atoms with Crippen molar-refractivity contribution in [3.8, 4) is 11.5 Å². The van der Waals surface area contributed by atoms with Crippen molar-refractivity contribution in [2.75, 3.05) is 6.61 Å². The zero-order chi connectivity index (χ0) is 22.3. The van der Waals surface area contributed by atoms with Gasteiger partial charge in [0.15, 0.2) is 6.61 Å². The van der Waals surface area contributed by atoms with Gasteiger partial charge in [0.25, 0.3) is 11.8 Å². The third-order valence-corrected chi connectivity index (χ3v) is 4.61. The Morgan fingerprint density at radius 1 is 0.938 bits per heavy atom. The molecule has 2 N–H and O–H groups in total. The van der Waals surface area contributed by atoms with Crippen molar-refractivity contribution in [1.29, 1.82) is 0 Å². The molecule has 0 saturated heterocycles. The van der Waals surface area contributed by atoms with Gasteiger partial charge in [0.2, 0.25) is 0 Å². The number of amides is 2. The molecule has 32 heavy (non-hydrogen) atoms. The summed E-state index contributed by atoms with van der Waals surface area (Å²) in [5, 5.41) is 0. The number of hydrazine groups is 1. The molecule has 0 spiro atoms. The third kappa shape index (κ3) is 5.42. The number of carbonyl (C=O) groups is 2. The third-order valence-electron chi connectivity index (χ3n) is 4.61. The molecular formula is C24H22N4O4. The molecule has 162 valence electrons. The Bertz CT molecular complexity index is 1220. The van der Waals surface area contributed by atoms with Crippen LogP contribution in [0.2, 0.25) is 0 Å². The fraction of sp³-hybridized carbons (Fsp3) is 0.125. The summed E-state index contributed by atoms with van der Waals surface area (Å²) in [5.41, 5.74) is 7.62. The van der Waals surface area contributed by atoms with Crippen LogP contribution in [0.5, 0.6) is 11.5 Å². The molecule has 0 saturated carbocycles. The number of nitrogens with one attached hydrogen (secondary N) is 2. The number of rotatable bonds is 7. The van der Waals surface area contributed by atoms with E-state index in [9.17, 15) is 9.59 Å². The van der Waals surface area contributed by atoms with Crippen LogP contribution < -0.4 is 20.3 Å². The maximum atomic E-state index is 12.2. The van der Waals surface area contributed by atoms with Gasteiger partial charge in [-0.2, -0.15) is 0 Å². The molecule has 2 aromatic heterocycles. The summed E-state index contributed by atoms with van der Waals surface area (Å²) >= 11 is 0. The van der Waals surface area contributed by atoms with E-state index in [0.29, 0.717) is 23.8 Å². The van der Waals surface area contributed by atoms with Gasteiger partial charge in [-0.1, -0.05) is 30.3 Å². The van der Waals surface area contributed by atoms with Crippen LogP contribution in [0.3, 0.4) is 0 Å². The Kier molecular flexibility index (Phi) is 6.31. The number of aryl methyl sites for hydroxylation is 1. The zero-order valence-corrected chi connectivity index (χ0v) is 17.4. The molecule has 4 rings (SSSR count). The van der Waals surface area contributed by atoms with Crippen molar-refractivity contribution in [3.05, 3.63) is 95.9 Å². The molecule has 0 aliphatic heterocycles. The summed E-state index contributed by atoms with van der Waals surface area (Å²) in [5.74, 6) is 0.191. The minimum absolute atomic E-state index is 0.197. The number of ether oxygens (including phenoxy) is 2. The summed E-state index contributed by atoms with van der Waals surface area (Å²) < 4.78 is 12.9. The molecule has 4 aromatic rings. The molecule has 2 aromatic carbocycles. The average molecular weight is 430 g/mol. The lowest BCUT2D eigenvalue weighted by atomic mass is 10.2. The van der Waals surface area contributed by atoms with Gasteiger partial charge < -0.3 is 13.9 Å². The normalized spacial score (nSPS) is 10.5. The van der Waals surface area contributed by atoms with E-state index in [0.717, 1.165) is 11.1 Å². The van der Waals surface area contributed by atoms with Crippen molar-refractivity contribution in [2.24, 2.45) is 0 Å². The van der Waals surface area contributed by atoms with Gasteiger partial charge in [-0.15, -0.1) is 0 Å². The molecule has 8 nitrogen and oxygen atoms in total. The summed E-state index contributed by atoms with van der Waals surface area (Å²) in [6.07, 6.45) is 3.41. The smallest absolute Gasteiger partial charge is 0.289 e. The topological polar surface area (TPSA) is 94.0 Å². The fourth-order valence-electron chi connectivity index (χ4n) is 2.94. The Balaban J connectivity index is 1.21. The SMILES string of the molecule is Cc1ccn2cc(C(=O)NNC(=O)COc3ccc(OCc4ccccc4)cc3)nc2c1. The molecule has 0 bridgehead atoms. The first-order chi connectivity index (χ1) is 15.6. The minimum Gasteiger partial charge on any atom is -0.489 e. The Hall–Kier alpha value is -4.33. The van der Waals surface area contributed by atoms with E-state index < -0.39 is 11.8 Å². The number of aromatic nitrogens is 2. The number of hydrogen-bond donors (Lipinski definition) is 2. The highest BCUT2D eigenvalue weighted by Crippen LogP contribution is 2.18. The second-order valence-corrected chi connectivity index (χ2v) is 7.13. The average Bonchev–Trinajstić information content (AvgIpc) is 3.24. The Labute approximate surface area is 184 Å². The molecule has 0 fully saturated rings. The van der Waals surface area contributed by atoms with Gasteiger partial charge in [-0.05, 0) is 54.4 Å². The lowest BCUT2D eigenvalue weighted by molar-refractivity contribution is -0.123. The van der Waals surface area contributed by atoms with E-state index in [1.807, 2.05) is 55.6 Å². The summed E-state index contributed by atoms with van der Waals surface area (Å²) in [6.45, 7) is 2.16. The molecule has 0 aliphatic rings. The van der Waals surface area contributed by atoms with Crippen LogP contribution in [0.4, 0.5) is 0 Å². The zero-order valence-electron chi connectivity index (χ0n) is 17.4. The van der Waals surface area contributed by atoms with Gasteiger partial charge >= 0.3 is 0 Å². The fourth-order valence-corrected chi connectivity index (χ4v) is 2.94.